The van der Waals surface area contributed by atoms with E-state index in [9.17, 15) is 0 Å². The molecule has 0 bridgehead atoms. The maximum absolute atomic E-state index is 6.76. The summed E-state index contributed by atoms with van der Waals surface area (Å²) in [6.45, 7) is 0. The number of aromatic nitrogens is 3. The van der Waals surface area contributed by atoms with Crippen LogP contribution in [0.25, 0.3) is 110 Å². The highest BCUT2D eigenvalue weighted by Crippen LogP contribution is 2.43. The molecule has 0 N–H and O–H groups in total. The Morgan fingerprint density at radius 3 is 1.75 bits per heavy atom. The van der Waals surface area contributed by atoms with Gasteiger partial charge in [0.15, 0.2) is 17.5 Å². The maximum atomic E-state index is 6.76. The van der Waals surface area contributed by atoms with E-state index in [0.717, 1.165) is 55.1 Å². The molecule has 0 aliphatic carbocycles. The smallest absolute Gasteiger partial charge is 0.164 e. The van der Waals surface area contributed by atoms with Gasteiger partial charge in [0, 0.05) is 33.0 Å². The molecule has 4 nitrogen and oxygen atoms in total. The van der Waals surface area contributed by atoms with E-state index in [1.165, 1.54) is 37.7 Å². The quantitative estimate of drug-likeness (QED) is 0.174. The minimum atomic E-state index is 0.599. The zero-order valence-corrected chi connectivity index (χ0v) is 28.5. The van der Waals surface area contributed by atoms with Crippen molar-refractivity contribution in [1.29, 1.82) is 0 Å². The van der Waals surface area contributed by atoms with Gasteiger partial charge in [-0.25, -0.2) is 15.0 Å². The number of hydrogen-bond donors (Lipinski definition) is 0. The molecule has 0 aliphatic rings. The molecular formula is C49H29N3O. The molecule has 9 aromatic carbocycles. The zero-order valence-electron chi connectivity index (χ0n) is 28.5. The number of furan rings is 1. The van der Waals surface area contributed by atoms with Gasteiger partial charge in [0.2, 0.25) is 0 Å². The fraction of sp³-hybridized carbons (Fsp3) is 0. The van der Waals surface area contributed by atoms with E-state index in [4.69, 9.17) is 19.4 Å². The first-order valence-corrected chi connectivity index (χ1v) is 17.9. The van der Waals surface area contributed by atoms with Gasteiger partial charge in [-0.15, -0.1) is 0 Å². The van der Waals surface area contributed by atoms with Crippen molar-refractivity contribution in [2.45, 2.75) is 0 Å². The van der Waals surface area contributed by atoms with Crippen molar-refractivity contribution in [3.8, 4) is 45.3 Å². The molecule has 11 aromatic rings. The summed E-state index contributed by atoms with van der Waals surface area (Å²) in [7, 11) is 0. The lowest BCUT2D eigenvalue weighted by atomic mass is 9.93. The van der Waals surface area contributed by atoms with Crippen LogP contribution in [0.2, 0.25) is 0 Å². The van der Waals surface area contributed by atoms with Gasteiger partial charge in [0.25, 0.3) is 0 Å². The normalized spacial score (nSPS) is 11.8. The van der Waals surface area contributed by atoms with Crippen LogP contribution in [0.4, 0.5) is 0 Å². The number of para-hydroxylation sites is 1. The van der Waals surface area contributed by atoms with Crippen LogP contribution in [-0.2, 0) is 0 Å². The van der Waals surface area contributed by atoms with Crippen LogP contribution in [-0.4, -0.2) is 15.0 Å². The van der Waals surface area contributed by atoms with Crippen LogP contribution < -0.4 is 0 Å². The monoisotopic (exact) mass is 675 g/mol. The van der Waals surface area contributed by atoms with Gasteiger partial charge in [-0.05, 0) is 79.0 Å². The van der Waals surface area contributed by atoms with Crippen molar-refractivity contribution in [2.75, 3.05) is 0 Å². The molecular weight excluding hydrogens is 647 g/mol. The minimum Gasteiger partial charge on any atom is -0.455 e. The fourth-order valence-corrected chi connectivity index (χ4v) is 7.90. The molecule has 246 valence electrons. The van der Waals surface area contributed by atoms with Gasteiger partial charge in [-0.3, -0.25) is 0 Å². The standard InChI is InChI=1S/C49H29N3O/c1-2-12-33(13-3-1)47-50-48(36-21-18-30-10-4-5-14-34(30)28-36)52-49(51-47)42-27-26-38(46-45(42)41-16-8-9-17-44(41)53-46)35-20-19-32-23-24-39-37-15-7-6-11-31(37)22-25-40(39)43(32)29-35/h1-29H. The summed E-state index contributed by atoms with van der Waals surface area (Å²) in [4.78, 5) is 15.3. The summed E-state index contributed by atoms with van der Waals surface area (Å²) in [5.74, 6) is 1.85. The second-order valence-electron chi connectivity index (χ2n) is 13.6. The second kappa shape index (κ2) is 11.7. The van der Waals surface area contributed by atoms with Gasteiger partial charge >= 0.3 is 0 Å². The van der Waals surface area contributed by atoms with E-state index in [2.05, 4.69) is 133 Å². The van der Waals surface area contributed by atoms with E-state index in [1.54, 1.807) is 0 Å². The Morgan fingerprint density at radius 2 is 0.906 bits per heavy atom. The Morgan fingerprint density at radius 1 is 0.321 bits per heavy atom. The highest BCUT2D eigenvalue weighted by Gasteiger charge is 2.21. The Bertz CT molecular complexity index is 3240. The van der Waals surface area contributed by atoms with Crippen LogP contribution in [0.1, 0.15) is 0 Å². The first-order chi connectivity index (χ1) is 26.2. The Balaban J connectivity index is 1.15. The molecule has 0 spiro atoms. The average molecular weight is 676 g/mol. The van der Waals surface area contributed by atoms with Gasteiger partial charge in [0.05, 0.1) is 0 Å². The van der Waals surface area contributed by atoms with Crippen LogP contribution in [0.3, 0.4) is 0 Å². The molecule has 4 heteroatoms. The molecule has 0 unspecified atom stereocenters. The molecule has 0 saturated heterocycles. The molecule has 2 heterocycles. The largest absolute Gasteiger partial charge is 0.455 e. The number of nitrogens with zero attached hydrogens (tertiary/aromatic N) is 3. The molecule has 0 atom stereocenters. The summed E-state index contributed by atoms with van der Waals surface area (Å²) in [6.07, 6.45) is 0. The predicted molar refractivity (Wildman–Crippen MR) is 219 cm³/mol. The van der Waals surface area contributed by atoms with Crippen molar-refractivity contribution in [3.63, 3.8) is 0 Å². The van der Waals surface area contributed by atoms with Crippen LogP contribution in [0.5, 0.6) is 0 Å². The fourth-order valence-electron chi connectivity index (χ4n) is 7.90. The third-order valence-corrected chi connectivity index (χ3v) is 10.5. The van der Waals surface area contributed by atoms with Gasteiger partial charge in [0.1, 0.15) is 11.2 Å². The number of fused-ring (bicyclic) bond motifs is 9. The molecule has 11 rings (SSSR count). The topological polar surface area (TPSA) is 51.8 Å². The van der Waals surface area contributed by atoms with E-state index in [1.807, 2.05) is 42.5 Å². The summed E-state index contributed by atoms with van der Waals surface area (Å²) in [5, 5.41) is 11.7. The van der Waals surface area contributed by atoms with E-state index < -0.39 is 0 Å². The van der Waals surface area contributed by atoms with Gasteiger partial charge < -0.3 is 4.42 Å². The minimum absolute atomic E-state index is 0.599. The number of rotatable bonds is 4. The third kappa shape index (κ3) is 4.80. The highest BCUT2D eigenvalue weighted by molar-refractivity contribution is 6.19. The van der Waals surface area contributed by atoms with Crippen LogP contribution in [0.15, 0.2) is 180 Å². The molecule has 2 aromatic heterocycles. The van der Waals surface area contributed by atoms with Crippen molar-refractivity contribution < 1.29 is 4.42 Å². The van der Waals surface area contributed by atoms with Crippen LogP contribution >= 0.6 is 0 Å². The van der Waals surface area contributed by atoms with Gasteiger partial charge in [-0.1, -0.05) is 146 Å². The molecule has 0 saturated carbocycles. The zero-order chi connectivity index (χ0) is 34.9. The Kier molecular flexibility index (Phi) is 6.52. The first-order valence-electron chi connectivity index (χ1n) is 17.9. The maximum Gasteiger partial charge on any atom is 0.164 e. The number of hydrogen-bond acceptors (Lipinski definition) is 4. The summed E-state index contributed by atoms with van der Waals surface area (Å²) >= 11 is 0. The molecule has 0 aliphatic heterocycles. The van der Waals surface area contributed by atoms with Crippen molar-refractivity contribution in [1.82, 2.24) is 15.0 Å². The van der Waals surface area contributed by atoms with E-state index in [0.29, 0.717) is 17.5 Å². The van der Waals surface area contributed by atoms with Crippen molar-refractivity contribution in [3.05, 3.63) is 176 Å². The molecule has 0 radical (unpaired) electrons. The average Bonchev–Trinajstić information content (AvgIpc) is 3.63. The van der Waals surface area contributed by atoms with Gasteiger partial charge in [-0.2, -0.15) is 0 Å². The Labute approximate surface area is 304 Å². The summed E-state index contributed by atoms with van der Waals surface area (Å²) in [6, 6.07) is 61.7. The summed E-state index contributed by atoms with van der Waals surface area (Å²) in [5.41, 5.74) is 6.50. The first kappa shape index (κ1) is 29.5. The summed E-state index contributed by atoms with van der Waals surface area (Å²) < 4.78 is 6.76. The molecule has 53 heavy (non-hydrogen) atoms. The third-order valence-electron chi connectivity index (χ3n) is 10.5. The van der Waals surface area contributed by atoms with E-state index >= 15 is 0 Å². The second-order valence-corrected chi connectivity index (χ2v) is 13.6. The van der Waals surface area contributed by atoms with Crippen molar-refractivity contribution in [2.24, 2.45) is 0 Å². The van der Waals surface area contributed by atoms with Crippen molar-refractivity contribution >= 4 is 65.0 Å². The number of benzene rings is 9. The van der Waals surface area contributed by atoms with E-state index in [-0.39, 0.29) is 0 Å². The highest BCUT2D eigenvalue weighted by atomic mass is 16.3. The lowest BCUT2D eigenvalue weighted by Crippen LogP contribution is -2.00. The predicted octanol–water partition coefficient (Wildman–Crippen LogP) is 13.1. The Hall–Kier alpha value is -7.17. The molecule has 0 amide bonds. The van der Waals surface area contributed by atoms with Crippen LogP contribution in [0, 0.1) is 0 Å². The SMILES string of the molecule is c1ccc(-c2nc(-c3ccc4ccccc4c3)nc(-c3ccc(-c4ccc5ccc6c7ccccc7ccc6c5c4)c4oc5ccccc5c34)n2)cc1. The lowest BCUT2D eigenvalue weighted by Gasteiger charge is -2.12. The lowest BCUT2D eigenvalue weighted by molar-refractivity contribution is 0.670. The molecule has 0 fully saturated rings.